The summed E-state index contributed by atoms with van der Waals surface area (Å²) in [6.07, 6.45) is 1.87. The molecule has 2 heterocycles. The van der Waals surface area contributed by atoms with Crippen LogP contribution in [0, 0.1) is 0 Å². The van der Waals surface area contributed by atoms with Gasteiger partial charge in [-0.2, -0.15) is 0 Å². The van der Waals surface area contributed by atoms with Crippen molar-refractivity contribution in [2.45, 2.75) is 26.2 Å². The number of carbonyl (C=O) groups excluding carboxylic acids is 2. The molecule has 5 nitrogen and oxygen atoms in total. The summed E-state index contributed by atoms with van der Waals surface area (Å²) in [6, 6.07) is 13.8. The average Bonchev–Trinajstić information content (AvgIpc) is 2.95. The molecule has 1 aliphatic rings. The molecule has 5 heteroatoms. The van der Waals surface area contributed by atoms with Crippen LogP contribution in [0.25, 0.3) is 11.3 Å². The average molecular weight is 340 g/mol. The van der Waals surface area contributed by atoms with E-state index in [9.17, 15) is 9.59 Å². The standard InChI is InChI=1S/C20H24N2O3/c1-16(23)21-12-5-13-22(15-14-21)20(24)11-9-18-8-10-19(25-18)17-6-3-2-4-7-17/h2-4,6-8,10H,5,9,11-15H2,1H3. The maximum atomic E-state index is 12.5. The van der Waals surface area contributed by atoms with E-state index in [0.717, 1.165) is 36.6 Å². The van der Waals surface area contributed by atoms with Crippen molar-refractivity contribution in [1.29, 1.82) is 0 Å². The Hall–Kier alpha value is -2.56. The minimum atomic E-state index is 0.0818. The van der Waals surface area contributed by atoms with E-state index in [-0.39, 0.29) is 11.8 Å². The number of amides is 2. The summed E-state index contributed by atoms with van der Waals surface area (Å²) < 4.78 is 5.86. The molecule has 25 heavy (non-hydrogen) atoms. The molecule has 0 aliphatic carbocycles. The summed E-state index contributed by atoms with van der Waals surface area (Å²) in [7, 11) is 0. The fourth-order valence-electron chi connectivity index (χ4n) is 3.14. The lowest BCUT2D eigenvalue weighted by Crippen LogP contribution is -2.36. The second-order valence-electron chi connectivity index (χ2n) is 6.37. The van der Waals surface area contributed by atoms with Crippen LogP contribution in [-0.2, 0) is 16.0 Å². The zero-order valence-corrected chi connectivity index (χ0v) is 14.6. The van der Waals surface area contributed by atoms with E-state index in [4.69, 9.17) is 4.42 Å². The molecule has 2 aromatic rings. The van der Waals surface area contributed by atoms with Gasteiger partial charge in [0.15, 0.2) is 0 Å². The number of hydrogen-bond donors (Lipinski definition) is 0. The first-order valence-electron chi connectivity index (χ1n) is 8.81. The van der Waals surface area contributed by atoms with Gasteiger partial charge in [-0.25, -0.2) is 0 Å². The molecule has 0 atom stereocenters. The minimum absolute atomic E-state index is 0.0818. The Bertz CT molecular complexity index is 724. The van der Waals surface area contributed by atoms with Gasteiger partial charge in [0, 0.05) is 51.5 Å². The third-order valence-electron chi connectivity index (χ3n) is 4.60. The van der Waals surface area contributed by atoms with Crippen molar-refractivity contribution in [3.8, 4) is 11.3 Å². The molecule has 1 aromatic heterocycles. The van der Waals surface area contributed by atoms with E-state index < -0.39 is 0 Å². The van der Waals surface area contributed by atoms with Gasteiger partial charge in [0.2, 0.25) is 11.8 Å². The topological polar surface area (TPSA) is 53.8 Å². The van der Waals surface area contributed by atoms with E-state index in [1.54, 1.807) is 6.92 Å². The monoisotopic (exact) mass is 340 g/mol. The fraction of sp³-hybridized carbons (Fsp3) is 0.400. The van der Waals surface area contributed by atoms with Gasteiger partial charge in [0.1, 0.15) is 11.5 Å². The number of carbonyl (C=O) groups is 2. The molecule has 1 aliphatic heterocycles. The Balaban J connectivity index is 1.52. The first-order chi connectivity index (χ1) is 12.1. The van der Waals surface area contributed by atoms with Gasteiger partial charge in [-0.3, -0.25) is 9.59 Å². The van der Waals surface area contributed by atoms with E-state index >= 15 is 0 Å². The molecule has 1 fully saturated rings. The number of hydrogen-bond acceptors (Lipinski definition) is 3. The van der Waals surface area contributed by atoms with Crippen LogP contribution in [0.2, 0.25) is 0 Å². The van der Waals surface area contributed by atoms with Gasteiger partial charge in [0.25, 0.3) is 0 Å². The van der Waals surface area contributed by atoms with Gasteiger partial charge >= 0.3 is 0 Å². The number of rotatable bonds is 4. The molecular weight excluding hydrogens is 316 g/mol. The van der Waals surface area contributed by atoms with Crippen LogP contribution in [0.1, 0.15) is 25.5 Å². The van der Waals surface area contributed by atoms with Crippen molar-refractivity contribution in [2.75, 3.05) is 26.2 Å². The second-order valence-corrected chi connectivity index (χ2v) is 6.37. The highest BCUT2D eigenvalue weighted by Crippen LogP contribution is 2.22. The van der Waals surface area contributed by atoms with E-state index in [1.807, 2.05) is 52.3 Å². The summed E-state index contributed by atoms with van der Waals surface area (Å²) in [5.74, 6) is 1.86. The van der Waals surface area contributed by atoms with Crippen molar-refractivity contribution in [3.05, 3.63) is 48.2 Å². The first-order valence-corrected chi connectivity index (χ1v) is 8.81. The van der Waals surface area contributed by atoms with Crippen LogP contribution in [0.15, 0.2) is 46.9 Å². The molecule has 0 radical (unpaired) electrons. The van der Waals surface area contributed by atoms with Gasteiger partial charge < -0.3 is 14.2 Å². The predicted octanol–water partition coefficient (Wildman–Crippen LogP) is 2.96. The lowest BCUT2D eigenvalue weighted by Gasteiger charge is -2.21. The lowest BCUT2D eigenvalue weighted by molar-refractivity contribution is -0.132. The number of aryl methyl sites for hydroxylation is 1. The highest BCUT2D eigenvalue weighted by atomic mass is 16.3. The summed E-state index contributed by atoms with van der Waals surface area (Å²) in [5, 5.41) is 0. The molecular formula is C20H24N2O3. The molecule has 0 N–H and O–H groups in total. The van der Waals surface area contributed by atoms with Crippen LogP contribution in [0.4, 0.5) is 0 Å². The maximum Gasteiger partial charge on any atom is 0.223 e. The molecule has 0 unspecified atom stereocenters. The Kier molecular flexibility index (Phi) is 5.53. The Morgan fingerprint density at radius 1 is 0.960 bits per heavy atom. The summed E-state index contributed by atoms with van der Waals surface area (Å²) >= 11 is 0. The van der Waals surface area contributed by atoms with Crippen LogP contribution < -0.4 is 0 Å². The van der Waals surface area contributed by atoms with Crippen molar-refractivity contribution < 1.29 is 14.0 Å². The normalized spacial score (nSPS) is 15.1. The van der Waals surface area contributed by atoms with E-state index in [2.05, 4.69) is 0 Å². The molecule has 3 rings (SSSR count). The van der Waals surface area contributed by atoms with E-state index in [0.29, 0.717) is 25.9 Å². The quantitative estimate of drug-likeness (QED) is 0.860. The van der Waals surface area contributed by atoms with Crippen LogP contribution in [0.5, 0.6) is 0 Å². The van der Waals surface area contributed by atoms with Gasteiger partial charge in [-0.05, 0) is 18.6 Å². The molecule has 2 amide bonds. The Labute approximate surface area is 148 Å². The largest absolute Gasteiger partial charge is 0.461 e. The summed E-state index contributed by atoms with van der Waals surface area (Å²) in [5.41, 5.74) is 1.04. The van der Waals surface area contributed by atoms with Gasteiger partial charge in [0.05, 0.1) is 0 Å². The van der Waals surface area contributed by atoms with Crippen LogP contribution in [0.3, 0.4) is 0 Å². The van der Waals surface area contributed by atoms with Gasteiger partial charge in [-0.1, -0.05) is 30.3 Å². The lowest BCUT2D eigenvalue weighted by atomic mass is 10.2. The highest BCUT2D eigenvalue weighted by Gasteiger charge is 2.20. The fourth-order valence-corrected chi connectivity index (χ4v) is 3.14. The summed E-state index contributed by atoms with van der Waals surface area (Å²) in [6.45, 7) is 4.28. The SMILES string of the molecule is CC(=O)N1CCCN(C(=O)CCc2ccc(-c3ccccc3)o2)CC1. The zero-order valence-electron chi connectivity index (χ0n) is 14.6. The smallest absolute Gasteiger partial charge is 0.223 e. The third-order valence-corrected chi connectivity index (χ3v) is 4.60. The molecule has 0 bridgehead atoms. The van der Waals surface area contributed by atoms with Crippen molar-refractivity contribution in [2.24, 2.45) is 0 Å². The Morgan fingerprint density at radius 2 is 1.68 bits per heavy atom. The molecule has 1 aromatic carbocycles. The first kappa shape index (κ1) is 17.3. The van der Waals surface area contributed by atoms with Crippen molar-refractivity contribution in [3.63, 3.8) is 0 Å². The van der Waals surface area contributed by atoms with Crippen molar-refractivity contribution in [1.82, 2.24) is 9.80 Å². The molecule has 0 spiro atoms. The molecule has 132 valence electrons. The van der Waals surface area contributed by atoms with Crippen LogP contribution in [-0.4, -0.2) is 47.8 Å². The maximum absolute atomic E-state index is 12.5. The molecule has 1 saturated heterocycles. The third kappa shape index (κ3) is 4.50. The Morgan fingerprint density at radius 3 is 2.44 bits per heavy atom. The second kappa shape index (κ2) is 8.01. The number of nitrogens with zero attached hydrogens (tertiary/aromatic N) is 2. The minimum Gasteiger partial charge on any atom is -0.461 e. The highest BCUT2D eigenvalue weighted by molar-refractivity contribution is 5.77. The van der Waals surface area contributed by atoms with Crippen molar-refractivity contribution >= 4 is 11.8 Å². The molecule has 0 saturated carbocycles. The predicted molar refractivity (Wildman–Crippen MR) is 95.9 cm³/mol. The van der Waals surface area contributed by atoms with Crippen LogP contribution >= 0.6 is 0 Å². The van der Waals surface area contributed by atoms with E-state index in [1.165, 1.54) is 0 Å². The number of furan rings is 1. The number of benzene rings is 1. The summed E-state index contributed by atoms with van der Waals surface area (Å²) in [4.78, 5) is 27.6. The van der Waals surface area contributed by atoms with Gasteiger partial charge in [-0.15, -0.1) is 0 Å². The zero-order chi connectivity index (χ0) is 17.6.